The average Bonchev–Trinajstić information content (AvgIpc) is 3.08. The van der Waals surface area contributed by atoms with Crippen molar-refractivity contribution in [3.05, 3.63) is 29.9 Å². The summed E-state index contributed by atoms with van der Waals surface area (Å²) in [6, 6.07) is 0. The Morgan fingerprint density at radius 1 is 1.32 bits per heavy atom. The molecule has 2 aliphatic rings. The van der Waals surface area contributed by atoms with Gasteiger partial charge in [0.15, 0.2) is 5.13 Å². The highest BCUT2D eigenvalue weighted by atomic mass is 32.2. The fraction of sp³-hybridized carbons (Fsp3) is 0.579. The van der Waals surface area contributed by atoms with E-state index in [1.807, 2.05) is 6.20 Å². The van der Waals surface area contributed by atoms with Crippen molar-refractivity contribution in [3.63, 3.8) is 0 Å². The number of hydrogen-bond acceptors (Lipinski definition) is 5. The second-order valence-electron chi connectivity index (χ2n) is 6.56. The van der Waals surface area contributed by atoms with Crippen LogP contribution in [0.5, 0.6) is 0 Å². The Kier molecular flexibility index (Phi) is 6.99. The number of amides is 1. The highest BCUT2D eigenvalue weighted by molar-refractivity contribution is 8.01. The third kappa shape index (κ3) is 5.89. The van der Waals surface area contributed by atoms with Crippen LogP contribution in [0.25, 0.3) is 0 Å². The van der Waals surface area contributed by atoms with Crippen LogP contribution in [0, 0.1) is 5.92 Å². The first-order valence-electron chi connectivity index (χ1n) is 9.17. The monoisotopic (exact) mass is 378 g/mol. The zero-order valence-electron chi connectivity index (χ0n) is 14.8. The minimum absolute atomic E-state index is 0.105. The number of thiazole rings is 1. The Hall–Kier alpha value is -1.27. The molecular formula is C19H26N2O2S2. The van der Waals surface area contributed by atoms with Gasteiger partial charge in [0.2, 0.25) is 5.91 Å². The van der Waals surface area contributed by atoms with E-state index in [9.17, 15) is 4.79 Å². The van der Waals surface area contributed by atoms with Crippen LogP contribution >= 0.6 is 23.1 Å². The quantitative estimate of drug-likeness (QED) is 0.615. The van der Waals surface area contributed by atoms with E-state index >= 15 is 0 Å². The molecule has 3 rings (SSSR count). The van der Waals surface area contributed by atoms with Crippen LogP contribution in [0.15, 0.2) is 34.1 Å². The molecule has 0 aromatic carbocycles. The van der Waals surface area contributed by atoms with E-state index in [2.05, 4.69) is 29.4 Å². The zero-order valence-corrected chi connectivity index (χ0v) is 16.4. The van der Waals surface area contributed by atoms with E-state index in [0.29, 0.717) is 17.5 Å². The minimum Gasteiger partial charge on any atom is -0.466 e. The number of hydrogen-bond donors (Lipinski definition) is 1. The normalized spacial score (nSPS) is 18.3. The van der Waals surface area contributed by atoms with Crippen LogP contribution < -0.4 is 5.32 Å². The molecule has 2 heterocycles. The summed E-state index contributed by atoms with van der Waals surface area (Å²) in [6.07, 6.45) is 14.8. The number of carbonyl (C=O) groups is 1. The van der Waals surface area contributed by atoms with Gasteiger partial charge in [0.1, 0.15) is 5.76 Å². The third-order valence-electron chi connectivity index (χ3n) is 4.59. The number of carbonyl (C=O) groups excluding carboxylic acids is 1. The van der Waals surface area contributed by atoms with Crippen molar-refractivity contribution < 1.29 is 9.53 Å². The largest absolute Gasteiger partial charge is 0.466 e. The molecule has 1 aliphatic carbocycles. The van der Waals surface area contributed by atoms with Gasteiger partial charge in [-0.15, -0.1) is 11.8 Å². The summed E-state index contributed by atoms with van der Waals surface area (Å²) in [5, 5.41) is 3.67. The van der Waals surface area contributed by atoms with Crippen molar-refractivity contribution in [2.75, 3.05) is 11.1 Å². The molecule has 25 heavy (non-hydrogen) atoms. The molecule has 136 valence electrons. The maximum atomic E-state index is 12.2. The Morgan fingerprint density at radius 2 is 2.12 bits per heavy atom. The summed E-state index contributed by atoms with van der Waals surface area (Å²) in [7, 11) is 0. The average molecular weight is 379 g/mol. The number of anilines is 1. The Morgan fingerprint density at radius 3 is 2.92 bits per heavy atom. The fourth-order valence-electron chi connectivity index (χ4n) is 3.23. The number of thioether (sulfide) groups is 1. The molecule has 6 heteroatoms. The minimum atomic E-state index is 0.105. The van der Waals surface area contributed by atoms with E-state index < -0.39 is 0 Å². The van der Waals surface area contributed by atoms with Gasteiger partial charge in [0.05, 0.1) is 21.9 Å². The van der Waals surface area contributed by atoms with E-state index in [-0.39, 0.29) is 5.91 Å². The molecule has 4 nitrogen and oxygen atoms in total. The molecule has 1 saturated carbocycles. The van der Waals surface area contributed by atoms with Gasteiger partial charge < -0.3 is 10.1 Å². The van der Waals surface area contributed by atoms with Crippen molar-refractivity contribution in [2.24, 2.45) is 5.92 Å². The maximum Gasteiger partial charge on any atom is 0.226 e. The third-order valence-corrected chi connectivity index (χ3v) is 6.72. The van der Waals surface area contributed by atoms with Crippen LogP contribution in [0.1, 0.15) is 58.3 Å². The van der Waals surface area contributed by atoms with E-state index in [1.54, 1.807) is 23.1 Å². The van der Waals surface area contributed by atoms with Gasteiger partial charge in [-0.1, -0.05) is 37.5 Å². The predicted octanol–water partition coefficient (Wildman–Crippen LogP) is 5.74. The summed E-state index contributed by atoms with van der Waals surface area (Å²) in [4.78, 5) is 16.5. The van der Waals surface area contributed by atoms with Gasteiger partial charge in [-0.05, 0) is 37.3 Å². The number of ether oxygens (including phenoxy) is 1. The SMILES string of the molecule is CCC1=CCC=C(CSc2cnc(NC(=O)CC3CCCCC3)s2)O1. The molecule has 1 aliphatic heterocycles. The fourth-order valence-corrected chi connectivity index (χ4v) is 5.03. The van der Waals surface area contributed by atoms with Crippen LogP contribution in [-0.4, -0.2) is 16.6 Å². The van der Waals surface area contributed by atoms with Crippen LogP contribution in [0.2, 0.25) is 0 Å². The first-order chi connectivity index (χ1) is 12.2. The molecule has 0 bridgehead atoms. The molecule has 0 radical (unpaired) electrons. The number of aromatic nitrogens is 1. The number of allylic oxidation sites excluding steroid dienone is 3. The second kappa shape index (κ2) is 9.43. The summed E-state index contributed by atoms with van der Waals surface area (Å²) in [6.45, 7) is 2.10. The summed E-state index contributed by atoms with van der Waals surface area (Å²) in [5.74, 6) is 3.53. The van der Waals surface area contributed by atoms with Crippen molar-refractivity contribution in [3.8, 4) is 0 Å². The predicted molar refractivity (Wildman–Crippen MR) is 105 cm³/mol. The summed E-state index contributed by atoms with van der Waals surface area (Å²) >= 11 is 3.25. The van der Waals surface area contributed by atoms with Crippen molar-refractivity contribution >= 4 is 34.1 Å². The summed E-state index contributed by atoms with van der Waals surface area (Å²) < 4.78 is 6.93. The molecule has 1 aromatic heterocycles. The molecule has 0 saturated heterocycles. The Balaban J connectivity index is 1.42. The molecule has 0 unspecified atom stereocenters. The Labute approximate surface area is 158 Å². The number of nitrogens with zero attached hydrogens (tertiary/aromatic N) is 1. The maximum absolute atomic E-state index is 12.2. The lowest BCUT2D eigenvalue weighted by Gasteiger charge is -2.20. The van der Waals surface area contributed by atoms with Gasteiger partial charge >= 0.3 is 0 Å². The van der Waals surface area contributed by atoms with Crippen molar-refractivity contribution in [2.45, 2.75) is 62.5 Å². The van der Waals surface area contributed by atoms with Crippen LogP contribution in [0.3, 0.4) is 0 Å². The van der Waals surface area contributed by atoms with E-state index in [4.69, 9.17) is 4.74 Å². The lowest BCUT2D eigenvalue weighted by Crippen LogP contribution is -2.18. The molecular weight excluding hydrogens is 352 g/mol. The van der Waals surface area contributed by atoms with Gasteiger partial charge in [0.25, 0.3) is 0 Å². The second-order valence-corrected chi connectivity index (χ2v) is 8.87. The lowest BCUT2D eigenvalue weighted by molar-refractivity contribution is -0.117. The van der Waals surface area contributed by atoms with Gasteiger partial charge in [-0.3, -0.25) is 4.79 Å². The smallest absolute Gasteiger partial charge is 0.226 e. The van der Waals surface area contributed by atoms with Crippen molar-refractivity contribution in [1.29, 1.82) is 0 Å². The lowest BCUT2D eigenvalue weighted by atomic mass is 9.87. The topological polar surface area (TPSA) is 51.2 Å². The molecule has 0 atom stereocenters. The van der Waals surface area contributed by atoms with Crippen molar-refractivity contribution in [1.82, 2.24) is 4.98 Å². The highest BCUT2D eigenvalue weighted by Gasteiger charge is 2.18. The first kappa shape index (κ1) is 18.5. The van der Waals surface area contributed by atoms with E-state index in [1.165, 1.54) is 32.1 Å². The molecule has 0 spiro atoms. The highest BCUT2D eigenvalue weighted by Crippen LogP contribution is 2.32. The first-order valence-corrected chi connectivity index (χ1v) is 11.0. The van der Waals surface area contributed by atoms with Crippen LogP contribution in [-0.2, 0) is 9.53 Å². The molecule has 1 aromatic rings. The molecule has 1 fully saturated rings. The molecule has 1 amide bonds. The zero-order chi connectivity index (χ0) is 17.5. The standard InChI is InChI=1S/C19H26N2O2S2/c1-2-15-9-6-10-16(23-15)13-24-18-12-20-19(25-18)21-17(22)11-14-7-4-3-5-8-14/h9-10,12,14H,2-8,11,13H2,1H3,(H,20,21,22). The number of rotatable bonds is 7. The number of nitrogens with one attached hydrogen (secondary N) is 1. The summed E-state index contributed by atoms with van der Waals surface area (Å²) in [5.41, 5.74) is 0. The van der Waals surface area contributed by atoms with E-state index in [0.717, 1.165) is 34.3 Å². The van der Waals surface area contributed by atoms with Gasteiger partial charge in [0, 0.05) is 12.8 Å². The van der Waals surface area contributed by atoms with Gasteiger partial charge in [-0.25, -0.2) is 4.98 Å². The van der Waals surface area contributed by atoms with Gasteiger partial charge in [-0.2, -0.15) is 0 Å². The Bertz CT molecular complexity index is 646. The molecule has 1 N–H and O–H groups in total. The van der Waals surface area contributed by atoms with Crippen LogP contribution in [0.4, 0.5) is 5.13 Å².